The van der Waals surface area contributed by atoms with Gasteiger partial charge in [-0.15, -0.1) is 0 Å². The molecule has 0 saturated heterocycles. The van der Waals surface area contributed by atoms with Crippen LogP contribution in [0, 0.1) is 0 Å². The van der Waals surface area contributed by atoms with Gasteiger partial charge in [-0.1, -0.05) is 11.6 Å². The Morgan fingerprint density at radius 2 is 2.28 bits per heavy atom. The highest BCUT2D eigenvalue weighted by molar-refractivity contribution is 6.30. The van der Waals surface area contributed by atoms with Crippen LogP contribution in [0.1, 0.15) is 5.56 Å². The maximum absolute atomic E-state index is 12.1. The van der Waals surface area contributed by atoms with Crippen LogP contribution in [0.4, 0.5) is 16.4 Å². The summed E-state index contributed by atoms with van der Waals surface area (Å²) in [6, 6.07) is 8.80. The molecule has 2 heterocycles. The fraction of sp³-hybridized carbons (Fsp3) is 0.154. The van der Waals surface area contributed by atoms with Crippen molar-refractivity contribution < 1.29 is 9.21 Å². The Kier molecular flexibility index (Phi) is 2.72. The van der Waals surface area contributed by atoms with E-state index in [0.29, 0.717) is 17.5 Å². The normalized spacial score (nSPS) is 13.5. The summed E-state index contributed by atoms with van der Waals surface area (Å²) in [5.74, 6) is 0.447. The summed E-state index contributed by atoms with van der Waals surface area (Å²) in [4.78, 5) is 13.8. The number of amides is 2. The lowest BCUT2D eigenvalue weighted by atomic mass is 10.2. The Hall–Kier alpha value is -1.94. The minimum Gasteiger partial charge on any atom is -0.449 e. The van der Waals surface area contributed by atoms with Gasteiger partial charge in [0.05, 0.1) is 6.26 Å². The number of hydrogen-bond donors (Lipinski definition) is 1. The molecule has 2 amide bonds. The van der Waals surface area contributed by atoms with Crippen molar-refractivity contribution in [1.82, 2.24) is 0 Å². The molecule has 1 aromatic heterocycles. The van der Waals surface area contributed by atoms with Crippen molar-refractivity contribution in [2.45, 2.75) is 6.42 Å². The first-order chi connectivity index (χ1) is 8.74. The molecule has 5 heteroatoms. The molecule has 0 atom stereocenters. The van der Waals surface area contributed by atoms with E-state index in [9.17, 15) is 4.79 Å². The third-order valence-electron chi connectivity index (χ3n) is 2.93. The highest BCUT2D eigenvalue weighted by Crippen LogP contribution is 2.30. The summed E-state index contributed by atoms with van der Waals surface area (Å²) >= 11 is 5.93. The highest BCUT2D eigenvalue weighted by Gasteiger charge is 2.25. The lowest BCUT2D eigenvalue weighted by Crippen LogP contribution is -2.33. The molecule has 1 aliphatic heterocycles. The van der Waals surface area contributed by atoms with Crippen molar-refractivity contribution in [3.8, 4) is 0 Å². The van der Waals surface area contributed by atoms with Gasteiger partial charge >= 0.3 is 6.03 Å². The number of furan rings is 1. The largest absolute Gasteiger partial charge is 0.449 e. The molecule has 0 spiro atoms. The second-order valence-corrected chi connectivity index (χ2v) is 4.52. The first-order valence-electron chi connectivity index (χ1n) is 5.64. The number of hydrogen-bond acceptors (Lipinski definition) is 2. The van der Waals surface area contributed by atoms with Crippen LogP contribution in [0.25, 0.3) is 0 Å². The number of carbonyl (C=O) groups excluding carboxylic acids is 1. The molecule has 0 bridgehead atoms. The molecule has 0 fully saturated rings. The molecule has 2 aromatic rings. The Morgan fingerprint density at radius 1 is 1.39 bits per heavy atom. The average Bonchev–Trinajstić information content (AvgIpc) is 2.97. The minimum absolute atomic E-state index is 0.189. The minimum atomic E-state index is -0.189. The topological polar surface area (TPSA) is 45.5 Å². The highest BCUT2D eigenvalue weighted by atomic mass is 35.5. The molecule has 18 heavy (non-hydrogen) atoms. The monoisotopic (exact) mass is 262 g/mol. The van der Waals surface area contributed by atoms with Crippen molar-refractivity contribution >= 4 is 29.2 Å². The van der Waals surface area contributed by atoms with Crippen LogP contribution >= 0.6 is 11.6 Å². The summed E-state index contributed by atoms with van der Waals surface area (Å²) in [6.07, 6.45) is 2.34. The van der Waals surface area contributed by atoms with Crippen molar-refractivity contribution in [3.05, 3.63) is 47.2 Å². The Morgan fingerprint density at radius 3 is 3.06 bits per heavy atom. The molecular formula is C13H11ClN2O2. The Balaban J connectivity index is 1.81. The number of rotatable bonds is 1. The van der Waals surface area contributed by atoms with Gasteiger partial charge in [0, 0.05) is 23.3 Å². The van der Waals surface area contributed by atoms with Crippen LogP contribution in [0.5, 0.6) is 0 Å². The van der Waals surface area contributed by atoms with Crippen LogP contribution in [-0.4, -0.2) is 12.6 Å². The standard InChI is InChI=1S/C13H11ClN2O2/c14-10-3-4-11-9(8-10)5-6-16(11)13(17)15-12-2-1-7-18-12/h1-4,7-8H,5-6H2,(H,15,17). The fourth-order valence-electron chi connectivity index (χ4n) is 2.10. The van der Waals surface area contributed by atoms with E-state index in [1.807, 2.05) is 12.1 Å². The smallest absolute Gasteiger partial charge is 0.328 e. The number of fused-ring (bicyclic) bond motifs is 1. The fourth-order valence-corrected chi connectivity index (χ4v) is 2.30. The Labute approximate surface area is 109 Å². The van der Waals surface area contributed by atoms with Gasteiger partial charge in [0.25, 0.3) is 0 Å². The quantitative estimate of drug-likeness (QED) is 0.855. The lowest BCUT2D eigenvalue weighted by Gasteiger charge is -2.17. The van der Waals surface area contributed by atoms with E-state index in [-0.39, 0.29) is 6.03 Å². The van der Waals surface area contributed by atoms with Crippen LogP contribution < -0.4 is 10.2 Å². The molecule has 1 aliphatic rings. The van der Waals surface area contributed by atoms with Crippen molar-refractivity contribution in [1.29, 1.82) is 0 Å². The molecular weight excluding hydrogens is 252 g/mol. The molecule has 0 aliphatic carbocycles. The summed E-state index contributed by atoms with van der Waals surface area (Å²) < 4.78 is 5.09. The van der Waals surface area contributed by atoms with E-state index in [2.05, 4.69) is 5.32 Å². The maximum atomic E-state index is 12.1. The molecule has 0 radical (unpaired) electrons. The number of nitrogens with one attached hydrogen (secondary N) is 1. The van der Waals surface area contributed by atoms with Crippen LogP contribution in [0.2, 0.25) is 5.02 Å². The molecule has 0 saturated carbocycles. The van der Waals surface area contributed by atoms with E-state index in [4.69, 9.17) is 16.0 Å². The van der Waals surface area contributed by atoms with Gasteiger partial charge in [-0.05, 0) is 36.2 Å². The number of nitrogens with zero attached hydrogens (tertiary/aromatic N) is 1. The van der Waals surface area contributed by atoms with Gasteiger partial charge in [-0.3, -0.25) is 10.2 Å². The summed E-state index contributed by atoms with van der Waals surface area (Å²) in [6.45, 7) is 0.655. The third-order valence-corrected chi connectivity index (χ3v) is 3.17. The molecule has 4 nitrogen and oxygen atoms in total. The second kappa shape index (κ2) is 4.38. The predicted molar refractivity (Wildman–Crippen MR) is 70.2 cm³/mol. The van der Waals surface area contributed by atoms with E-state index in [1.165, 1.54) is 6.26 Å². The third kappa shape index (κ3) is 1.95. The molecule has 1 N–H and O–H groups in total. The first kappa shape index (κ1) is 11.2. The SMILES string of the molecule is O=C(Nc1ccco1)N1CCc2cc(Cl)ccc21. The summed E-state index contributed by atoms with van der Waals surface area (Å²) in [5.41, 5.74) is 2.00. The van der Waals surface area contributed by atoms with Gasteiger partial charge < -0.3 is 4.42 Å². The van der Waals surface area contributed by atoms with E-state index in [0.717, 1.165) is 17.7 Å². The van der Waals surface area contributed by atoms with E-state index >= 15 is 0 Å². The lowest BCUT2D eigenvalue weighted by molar-refractivity contribution is 0.257. The molecule has 1 aromatic carbocycles. The van der Waals surface area contributed by atoms with Gasteiger partial charge in [-0.25, -0.2) is 4.79 Å². The van der Waals surface area contributed by atoms with Crippen LogP contribution in [0.3, 0.4) is 0 Å². The zero-order valence-corrected chi connectivity index (χ0v) is 10.3. The maximum Gasteiger partial charge on any atom is 0.328 e. The average molecular weight is 263 g/mol. The number of carbonyl (C=O) groups is 1. The predicted octanol–water partition coefficient (Wildman–Crippen LogP) is 3.53. The number of benzene rings is 1. The van der Waals surface area contributed by atoms with Crippen molar-refractivity contribution in [2.24, 2.45) is 0 Å². The van der Waals surface area contributed by atoms with Crippen LogP contribution in [-0.2, 0) is 6.42 Å². The van der Waals surface area contributed by atoms with Gasteiger partial charge in [-0.2, -0.15) is 0 Å². The summed E-state index contributed by atoms with van der Waals surface area (Å²) in [5, 5.41) is 3.40. The van der Waals surface area contributed by atoms with Gasteiger partial charge in [0.15, 0.2) is 0 Å². The molecule has 0 unspecified atom stereocenters. The first-order valence-corrected chi connectivity index (χ1v) is 6.02. The van der Waals surface area contributed by atoms with Gasteiger partial charge in [0.2, 0.25) is 5.88 Å². The van der Waals surface area contributed by atoms with Crippen LogP contribution in [0.15, 0.2) is 41.0 Å². The second-order valence-electron chi connectivity index (χ2n) is 4.08. The number of halogens is 1. The van der Waals surface area contributed by atoms with E-state index < -0.39 is 0 Å². The van der Waals surface area contributed by atoms with Gasteiger partial charge in [0.1, 0.15) is 0 Å². The Bertz CT molecular complexity index is 581. The summed E-state index contributed by atoms with van der Waals surface area (Å²) in [7, 11) is 0. The zero-order valence-electron chi connectivity index (χ0n) is 9.52. The van der Waals surface area contributed by atoms with Crippen molar-refractivity contribution in [2.75, 3.05) is 16.8 Å². The molecule has 3 rings (SSSR count). The molecule has 92 valence electrons. The van der Waals surface area contributed by atoms with E-state index in [1.54, 1.807) is 23.1 Å². The zero-order chi connectivity index (χ0) is 12.5. The number of anilines is 2. The number of urea groups is 1. The van der Waals surface area contributed by atoms with Crippen molar-refractivity contribution in [3.63, 3.8) is 0 Å².